The molecular formula is C31H41N3O11. The van der Waals surface area contributed by atoms with Gasteiger partial charge in [-0.2, -0.15) is 0 Å². The van der Waals surface area contributed by atoms with E-state index >= 15 is 0 Å². The molecule has 0 saturated carbocycles. The minimum Gasteiger partial charge on any atom is -0.460 e. The fraction of sp³-hybridized carbons (Fsp3) is 0.548. The quantitative estimate of drug-likeness (QED) is 0.0875. The lowest BCUT2D eigenvalue weighted by Crippen LogP contribution is -2.54. The summed E-state index contributed by atoms with van der Waals surface area (Å²) in [6.45, 7) is 8.57. The van der Waals surface area contributed by atoms with Crippen molar-refractivity contribution in [2.24, 2.45) is 0 Å². The van der Waals surface area contributed by atoms with Crippen molar-refractivity contribution >= 4 is 41.2 Å². The number of rotatable bonds is 21. The Hall–Kier alpha value is -3.98. The van der Waals surface area contributed by atoms with E-state index in [-0.39, 0.29) is 48.6 Å². The van der Waals surface area contributed by atoms with Gasteiger partial charge in [-0.25, -0.2) is 4.79 Å². The minimum atomic E-state index is -1.07. The lowest BCUT2D eigenvalue weighted by molar-refractivity contribution is -0.140. The number of nitrogens with one attached hydrogen (secondary N) is 2. The number of hydrogen-bond acceptors (Lipinski definition) is 11. The average molecular weight is 632 g/mol. The Morgan fingerprint density at radius 2 is 1.49 bits per heavy atom. The van der Waals surface area contributed by atoms with Crippen LogP contribution in [0, 0.1) is 0 Å². The molecule has 2 aliphatic heterocycles. The molecule has 0 radical (unpaired) electrons. The van der Waals surface area contributed by atoms with Gasteiger partial charge in [0.2, 0.25) is 17.7 Å². The van der Waals surface area contributed by atoms with Gasteiger partial charge in [0.1, 0.15) is 12.6 Å². The number of fused-ring (bicyclic) bond motifs is 1. The first-order valence-electron chi connectivity index (χ1n) is 15.0. The molecule has 1 atom stereocenters. The smallest absolute Gasteiger partial charge is 0.333 e. The van der Waals surface area contributed by atoms with Crippen LogP contribution >= 0.6 is 0 Å². The SMILES string of the molecule is C=C(C)C(=O)OCCOCCOCCOCCOCCCCCC(=O)Nc1cccc2c1C(=O)N(C1CCC(=O)NC1=O)C2=O. The van der Waals surface area contributed by atoms with Crippen LogP contribution in [0.5, 0.6) is 0 Å². The predicted octanol–water partition coefficient (Wildman–Crippen LogP) is 1.77. The van der Waals surface area contributed by atoms with Crippen LogP contribution in [0.4, 0.5) is 5.69 Å². The molecule has 0 aromatic heterocycles. The summed E-state index contributed by atoms with van der Waals surface area (Å²) >= 11 is 0. The number of piperidine rings is 1. The third-order valence-electron chi connectivity index (χ3n) is 6.86. The van der Waals surface area contributed by atoms with Gasteiger partial charge in [0, 0.05) is 25.0 Å². The summed E-state index contributed by atoms with van der Waals surface area (Å²) in [5.41, 5.74) is 0.720. The number of carbonyl (C=O) groups is 6. The Bertz CT molecular complexity index is 1250. The average Bonchev–Trinajstić information content (AvgIpc) is 3.26. The molecule has 45 heavy (non-hydrogen) atoms. The largest absolute Gasteiger partial charge is 0.460 e. The van der Waals surface area contributed by atoms with Crippen molar-refractivity contribution in [3.05, 3.63) is 41.5 Å². The van der Waals surface area contributed by atoms with Crippen molar-refractivity contribution in [1.29, 1.82) is 0 Å². The lowest BCUT2D eigenvalue weighted by atomic mass is 10.0. The summed E-state index contributed by atoms with van der Waals surface area (Å²) in [5.74, 6) is -3.17. The summed E-state index contributed by atoms with van der Waals surface area (Å²) in [6, 6.07) is 3.51. The number of amides is 5. The van der Waals surface area contributed by atoms with Crippen molar-refractivity contribution < 1.29 is 52.5 Å². The molecule has 5 amide bonds. The molecule has 3 rings (SSSR count). The van der Waals surface area contributed by atoms with Gasteiger partial charge in [0.25, 0.3) is 11.8 Å². The Morgan fingerprint density at radius 1 is 0.867 bits per heavy atom. The number of ether oxygens (including phenoxy) is 5. The van der Waals surface area contributed by atoms with E-state index in [2.05, 4.69) is 17.2 Å². The lowest BCUT2D eigenvalue weighted by Gasteiger charge is -2.27. The molecule has 0 bridgehead atoms. The van der Waals surface area contributed by atoms with Crippen LogP contribution in [0.1, 0.15) is 66.2 Å². The molecule has 1 saturated heterocycles. The van der Waals surface area contributed by atoms with Crippen molar-refractivity contribution in [1.82, 2.24) is 10.2 Å². The summed E-state index contributed by atoms with van der Waals surface area (Å²) in [5, 5.41) is 4.88. The maximum absolute atomic E-state index is 13.1. The van der Waals surface area contributed by atoms with Gasteiger partial charge >= 0.3 is 5.97 Å². The predicted molar refractivity (Wildman–Crippen MR) is 159 cm³/mol. The topological polar surface area (TPSA) is 176 Å². The fourth-order valence-corrected chi connectivity index (χ4v) is 4.58. The Balaban J connectivity index is 1.19. The van der Waals surface area contributed by atoms with Crippen LogP contribution in [-0.4, -0.2) is 106 Å². The molecule has 0 spiro atoms. The monoisotopic (exact) mass is 631 g/mol. The van der Waals surface area contributed by atoms with Crippen molar-refractivity contribution in [3.8, 4) is 0 Å². The maximum atomic E-state index is 13.1. The Labute approximate surface area is 261 Å². The highest BCUT2D eigenvalue weighted by atomic mass is 16.6. The number of benzene rings is 1. The van der Waals surface area contributed by atoms with E-state index < -0.39 is 35.6 Å². The zero-order valence-corrected chi connectivity index (χ0v) is 25.6. The van der Waals surface area contributed by atoms with Gasteiger partial charge in [-0.3, -0.25) is 34.2 Å². The highest BCUT2D eigenvalue weighted by Crippen LogP contribution is 2.32. The molecule has 2 N–H and O–H groups in total. The molecular weight excluding hydrogens is 590 g/mol. The second-order valence-corrected chi connectivity index (χ2v) is 10.4. The molecule has 14 nitrogen and oxygen atoms in total. The highest BCUT2D eigenvalue weighted by molar-refractivity contribution is 6.26. The van der Waals surface area contributed by atoms with E-state index in [1.165, 1.54) is 6.07 Å². The number of unbranched alkanes of at least 4 members (excludes halogenated alkanes) is 2. The van der Waals surface area contributed by atoms with E-state index in [1.807, 2.05) is 0 Å². The number of nitrogens with zero attached hydrogens (tertiary/aromatic N) is 1. The van der Waals surface area contributed by atoms with E-state index in [1.54, 1.807) is 19.1 Å². The molecule has 14 heteroatoms. The first-order chi connectivity index (χ1) is 21.7. The molecule has 246 valence electrons. The van der Waals surface area contributed by atoms with Crippen LogP contribution in [0.25, 0.3) is 0 Å². The van der Waals surface area contributed by atoms with Crippen LogP contribution in [0.3, 0.4) is 0 Å². The first-order valence-corrected chi connectivity index (χ1v) is 15.0. The Morgan fingerprint density at radius 3 is 2.11 bits per heavy atom. The third kappa shape index (κ3) is 11.2. The van der Waals surface area contributed by atoms with Gasteiger partial charge in [-0.1, -0.05) is 19.1 Å². The fourth-order valence-electron chi connectivity index (χ4n) is 4.58. The Kier molecular flexibility index (Phi) is 14.8. The van der Waals surface area contributed by atoms with Crippen LogP contribution in [0.2, 0.25) is 0 Å². The normalized spacial score (nSPS) is 16.0. The number of anilines is 1. The third-order valence-corrected chi connectivity index (χ3v) is 6.86. The number of esters is 1. The molecule has 2 heterocycles. The number of hydrogen-bond donors (Lipinski definition) is 2. The van der Waals surface area contributed by atoms with Crippen LogP contribution in [0.15, 0.2) is 30.4 Å². The summed E-state index contributed by atoms with van der Waals surface area (Å²) in [4.78, 5) is 74.5. The van der Waals surface area contributed by atoms with Gasteiger partial charge in [-0.05, 0) is 38.3 Å². The summed E-state index contributed by atoms with van der Waals surface area (Å²) in [6.07, 6.45) is 2.43. The second-order valence-electron chi connectivity index (χ2n) is 10.4. The van der Waals surface area contributed by atoms with Crippen LogP contribution < -0.4 is 10.6 Å². The van der Waals surface area contributed by atoms with E-state index in [4.69, 9.17) is 23.7 Å². The van der Waals surface area contributed by atoms with Gasteiger partial charge < -0.3 is 29.0 Å². The molecule has 1 unspecified atom stereocenters. The molecule has 2 aliphatic rings. The molecule has 1 fully saturated rings. The standard InChI is InChI=1S/C31H41N3O11/c1-21(2)31(40)45-20-19-44-18-17-43-16-15-42-14-13-41-12-5-3-4-9-25(35)32-23-8-6-7-22-27(23)30(39)34(29(22)38)24-10-11-26(36)33-28(24)37/h6-8,24H,1,3-5,9-20H2,2H3,(H,32,35)(H,33,36,37). The zero-order chi connectivity index (χ0) is 32.6. The molecule has 1 aromatic carbocycles. The summed E-state index contributed by atoms with van der Waals surface area (Å²) < 4.78 is 26.6. The van der Waals surface area contributed by atoms with Crippen LogP contribution in [-0.2, 0) is 42.9 Å². The van der Waals surface area contributed by atoms with Gasteiger partial charge in [-0.15, -0.1) is 0 Å². The number of imide groups is 2. The number of carbonyl (C=O) groups excluding carboxylic acids is 6. The zero-order valence-electron chi connectivity index (χ0n) is 25.6. The van der Waals surface area contributed by atoms with E-state index in [0.29, 0.717) is 64.8 Å². The van der Waals surface area contributed by atoms with Crippen molar-refractivity contribution in [3.63, 3.8) is 0 Å². The first kappa shape index (κ1) is 35.5. The van der Waals surface area contributed by atoms with Crippen molar-refractivity contribution in [2.45, 2.75) is 51.5 Å². The van der Waals surface area contributed by atoms with Crippen molar-refractivity contribution in [2.75, 3.05) is 64.8 Å². The van der Waals surface area contributed by atoms with E-state index in [0.717, 1.165) is 17.7 Å². The second kappa shape index (κ2) is 18.7. The maximum Gasteiger partial charge on any atom is 0.333 e. The summed E-state index contributed by atoms with van der Waals surface area (Å²) in [7, 11) is 0. The molecule has 0 aliphatic carbocycles. The van der Waals surface area contributed by atoms with Gasteiger partial charge in [0.15, 0.2) is 0 Å². The highest BCUT2D eigenvalue weighted by Gasteiger charge is 2.45. The molecule has 1 aromatic rings. The van der Waals surface area contributed by atoms with Gasteiger partial charge in [0.05, 0.1) is 63.1 Å². The minimum absolute atomic E-state index is 0.0279. The van der Waals surface area contributed by atoms with E-state index in [9.17, 15) is 28.8 Å².